The van der Waals surface area contributed by atoms with E-state index in [2.05, 4.69) is 20.6 Å². The van der Waals surface area contributed by atoms with Crippen molar-refractivity contribution in [3.63, 3.8) is 0 Å². The van der Waals surface area contributed by atoms with Crippen LogP contribution in [0.25, 0.3) is 0 Å². The van der Waals surface area contributed by atoms with Crippen LogP contribution in [0.4, 0.5) is 0 Å². The zero-order chi connectivity index (χ0) is 25.5. The molecular formula is C24H36N6O4S. The zero-order valence-corrected chi connectivity index (χ0v) is 21.8. The summed E-state index contributed by atoms with van der Waals surface area (Å²) in [6.07, 6.45) is 3.32. The van der Waals surface area contributed by atoms with E-state index in [1.165, 1.54) is 16.2 Å². The summed E-state index contributed by atoms with van der Waals surface area (Å²) >= 11 is 1.49. The van der Waals surface area contributed by atoms with Crippen molar-refractivity contribution in [3.8, 4) is 0 Å². The van der Waals surface area contributed by atoms with Gasteiger partial charge in [0.25, 0.3) is 0 Å². The Morgan fingerprint density at radius 3 is 2.57 bits per heavy atom. The van der Waals surface area contributed by atoms with Gasteiger partial charge >= 0.3 is 0 Å². The van der Waals surface area contributed by atoms with Crippen LogP contribution in [0.3, 0.4) is 0 Å². The lowest BCUT2D eigenvalue weighted by atomic mass is 9.85. The number of aliphatic hydroxyl groups is 2. The highest BCUT2D eigenvalue weighted by Gasteiger charge is 2.45. The summed E-state index contributed by atoms with van der Waals surface area (Å²) in [6.45, 7) is 9.67. The van der Waals surface area contributed by atoms with Crippen LogP contribution in [-0.4, -0.2) is 72.2 Å². The van der Waals surface area contributed by atoms with Crippen LogP contribution < -0.4 is 5.32 Å². The molecule has 1 aliphatic carbocycles. The van der Waals surface area contributed by atoms with Gasteiger partial charge in [-0.25, -0.2) is 9.67 Å². The molecule has 1 aliphatic heterocycles. The maximum Gasteiger partial charge on any atom is 0.248 e. The van der Waals surface area contributed by atoms with E-state index in [1.54, 1.807) is 4.68 Å². The third-order valence-electron chi connectivity index (χ3n) is 6.60. The summed E-state index contributed by atoms with van der Waals surface area (Å²) in [6, 6.07) is -2.22. The Hall–Kier alpha value is -2.37. The van der Waals surface area contributed by atoms with Crippen molar-refractivity contribution in [2.24, 2.45) is 5.41 Å². The fourth-order valence-corrected chi connectivity index (χ4v) is 5.42. The number of likely N-dealkylation sites (tertiary alicyclic amines) is 1. The lowest BCUT2D eigenvalue weighted by Gasteiger charge is -2.34. The van der Waals surface area contributed by atoms with Crippen LogP contribution in [0, 0.1) is 5.41 Å². The number of aliphatic hydroxyl groups excluding tert-OH is 2. The molecule has 3 heterocycles. The molecule has 0 spiro atoms. The van der Waals surface area contributed by atoms with Crippen molar-refractivity contribution in [1.29, 1.82) is 0 Å². The zero-order valence-electron chi connectivity index (χ0n) is 21.0. The van der Waals surface area contributed by atoms with Gasteiger partial charge in [-0.05, 0) is 18.3 Å². The molecule has 192 valence electrons. The molecule has 0 aromatic carbocycles. The molecule has 4 atom stereocenters. The number of carbonyl (C=O) groups is 2. The summed E-state index contributed by atoms with van der Waals surface area (Å²) in [5.74, 6) is -0.0481. The largest absolute Gasteiger partial charge is 0.394 e. The van der Waals surface area contributed by atoms with Gasteiger partial charge in [0.1, 0.15) is 12.1 Å². The molecule has 2 fully saturated rings. The number of hydrogen-bond donors (Lipinski definition) is 3. The number of hydrogen-bond acceptors (Lipinski definition) is 8. The fraction of sp³-hybridized carbons (Fsp3) is 0.708. The number of carbonyl (C=O) groups excluding carboxylic acids is 2. The van der Waals surface area contributed by atoms with Crippen LogP contribution in [0.5, 0.6) is 0 Å². The lowest BCUT2D eigenvalue weighted by Crippen LogP contribution is -2.51. The van der Waals surface area contributed by atoms with E-state index in [4.69, 9.17) is 0 Å². The van der Waals surface area contributed by atoms with Gasteiger partial charge in [0.05, 0.1) is 35.1 Å². The number of nitrogens with one attached hydrogen (secondary N) is 1. The smallest absolute Gasteiger partial charge is 0.248 e. The molecule has 35 heavy (non-hydrogen) atoms. The minimum atomic E-state index is -0.856. The maximum absolute atomic E-state index is 13.8. The Kier molecular flexibility index (Phi) is 7.31. The summed E-state index contributed by atoms with van der Waals surface area (Å²) in [4.78, 5) is 33.1. The molecule has 1 saturated carbocycles. The van der Waals surface area contributed by atoms with Crippen molar-refractivity contribution in [3.05, 3.63) is 28.0 Å². The molecule has 2 amide bonds. The second-order valence-corrected chi connectivity index (χ2v) is 12.0. The van der Waals surface area contributed by atoms with E-state index in [1.807, 2.05) is 46.2 Å². The second kappa shape index (κ2) is 9.94. The molecule has 2 aliphatic rings. The summed E-state index contributed by atoms with van der Waals surface area (Å²) < 4.78 is 1.61. The molecule has 0 radical (unpaired) electrons. The van der Waals surface area contributed by atoms with Crippen molar-refractivity contribution >= 4 is 23.2 Å². The fourth-order valence-electron chi connectivity index (χ4n) is 4.53. The van der Waals surface area contributed by atoms with Gasteiger partial charge < -0.3 is 20.4 Å². The minimum Gasteiger partial charge on any atom is -0.394 e. The van der Waals surface area contributed by atoms with Gasteiger partial charge in [-0.2, -0.15) is 0 Å². The Balaban J connectivity index is 1.54. The van der Waals surface area contributed by atoms with E-state index in [0.29, 0.717) is 11.6 Å². The highest BCUT2D eigenvalue weighted by molar-refractivity contribution is 7.09. The van der Waals surface area contributed by atoms with Gasteiger partial charge in [-0.1, -0.05) is 39.8 Å². The van der Waals surface area contributed by atoms with Crippen molar-refractivity contribution in [1.82, 2.24) is 30.2 Å². The first-order chi connectivity index (χ1) is 16.5. The van der Waals surface area contributed by atoms with Crippen molar-refractivity contribution in [2.45, 2.75) is 89.9 Å². The van der Waals surface area contributed by atoms with E-state index in [-0.39, 0.29) is 31.4 Å². The molecule has 2 aromatic rings. The van der Waals surface area contributed by atoms with Crippen LogP contribution in [0.15, 0.2) is 11.6 Å². The van der Waals surface area contributed by atoms with Gasteiger partial charge in [-0.15, -0.1) is 16.4 Å². The van der Waals surface area contributed by atoms with Crippen LogP contribution >= 0.6 is 11.3 Å². The highest BCUT2D eigenvalue weighted by Crippen LogP contribution is 2.40. The molecule has 4 rings (SSSR count). The van der Waals surface area contributed by atoms with E-state index in [9.17, 15) is 19.8 Å². The van der Waals surface area contributed by atoms with Gasteiger partial charge in [0.15, 0.2) is 0 Å². The molecular weight excluding hydrogens is 468 g/mol. The molecule has 10 nitrogen and oxygen atoms in total. The summed E-state index contributed by atoms with van der Waals surface area (Å²) in [7, 11) is 0. The standard InChI is InChI=1S/C24H36N6O4S/c1-13(2)22-26-18(12-35-22)17(11-31)25-21(33)19-8-15(32)9-29(19)23(34)20(24(3,4)5)30-10-16(27-28-30)14-6-7-14/h10,12-15,17,19-20,31-32H,6-9,11H2,1-5H3,(H,25,33)/t15?,17?,19?,20-/m1/s1. The second-order valence-electron chi connectivity index (χ2n) is 11.1. The first-order valence-corrected chi connectivity index (χ1v) is 13.1. The van der Waals surface area contributed by atoms with Crippen LogP contribution in [0.2, 0.25) is 0 Å². The maximum atomic E-state index is 13.8. The molecule has 3 N–H and O–H groups in total. The first kappa shape index (κ1) is 25.7. The van der Waals surface area contributed by atoms with E-state index in [0.717, 1.165) is 23.5 Å². The molecule has 2 aromatic heterocycles. The Morgan fingerprint density at radius 1 is 1.29 bits per heavy atom. The van der Waals surface area contributed by atoms with Gasteiger partial charge in [0.2, 0.25) is 11.8 Å². The minimum absolute atomic E-state index is 0.0612. The Labute approximate surface area is 209 Å². The van der Waals surface area contributed by atoms with E-state index < -0.39 is 35.6 Å². The number of nitrogens with zero attached hydrogens (tertiary/aromatic N) is 5. The SMILES string of the molecule is CC(C)c1nc(C(CO)NC(=O)C2CC(O)CN2C(=O)[C@@H](n2cc(C3CC3)nn2)C(C)(C)C)cs1. The molecule has 0 bridgehead atoms. The number of rotatable bonds is 8. The highest BCUT2D eigenvalue weighted by atomic mass is 32.1. The number of β-amino-alcohol motifs (C(OH)–C–C–N with tert-alkyl or cyclic N) is 1. The first-order valence-electron chi connectivity index (χ1n) is 12.3. The number of aromatic nitrogens is 4. The predicted octanol–water partition coefficient (Wildman–Crippen LogP) is 2.13. The van der Waals surface area contributed by atoms with Crippen molar-refractivity contribution < 1.29 is 19.8 Å². The number of amides is 2. The molecule has 3 unspecified atom stereocenters. The average Bonchev–Trinajstić information content (AvgIpc) is 3.16. The predicted molar refractivity (Wildman–Crippen MR) is 131 cm³/mol. The average molecular weight is 505 g/mol. The molecule has 1 saturated heterocycles. The quantitative estimate of drug-likeness (QED) is 0.501. The topological polar surface area (TPSA) is 133 Å². The lowest BCUT2D eigenvalue weighted by molar-refractivity contribution is -0.144. The van der Waals surface area contributed by atoms with Crippen molar-refractivity contribution in [2.75, 3.05) is 13.2 Å². The monoisotopic (exact) mass is 504 g/mol. The number of thiazole rings is 1. The van der Waals surface area contributed by atoms with Crippen LogP contribution in [-0.2, 0) is 9.59 Å². The normalized spacial score (nSPS) is 22.5. The third-order valence-corrected chi connectivity index (χ3v) is 7.76. The Bertz CT molecular complexity index is 1060. The Morgan fingerprint density at radius 2 is 2.00 bits per heavy atom. The molecule has 11 heteroatoms. The third kappa shape index (κ3) is 5.57. The summed E-state index contributed by atoms with van der Waals surface area (Å²) in [5.41, 5.74) is 0.980. The summed E-state index contributed by atoms with van der Waals surface area (Å²) in [5, 5.41) is 34.5. The van der Waals surface area contributed by atoms with E-state index >= 15 is 0 Å². The van der Waals surface area contributed by atoms with Gasteiger partial charge in [0, 0.05) is 36.4 Å². The van der Waals surface area contributed by atoms with Crippen LogP contribution in [0.1, 0.15) is 94.2 Å². The van der Waals surface area contributed by atoms with Gasteiger partial charge in [-0.3, -0.25) is 9.59 Å².